The van der Waals surface area contributed by atoms with Crippen LogP contribution < -0.4 is 15.2 Å². The summed E-state index contributed by atoms with van der Waals surface area (Å²) >= 11 is 12.8. The van der Waals surface area contributed by atoms with Crippen molar-refractivity contribution in [3.63, 3.8) is 0 Å². The number of aromatic nitrogens is 3. The summed E-state index contributed by atoms with van der Waals surface area (Å²) in [6, 6.07) is 10.9. The molecule has 2 aromatic carbocycles. The molecule has 4 aromatic rings. The lowest BCUT2D eigenvalue weighted by atomic mass is 10.2. The topological polar surface area (TPSA) is 101 Å². The lowest BCUT2D eigenvalue weighted by Crippen LogP contribution is -2.10. The van der Waals surface area contributed by atoms with Gasteiger partial charge in [0.05, 0.1) is 29.8 Å². The number of nitrogens with two attached hydrogens (primary N) is 1. The maximum atomic E-state index is 12.8. The summed E-state index contributed by atoms with van der Waals surface area (Å²) in [5.41, 5.74) is 7.74. The molecule has 2 heterocycles. The Balaban J connectivity index is 1.76. The number of rotatable bonds is 5. The third-order valence-corrected chi connectivity index (χ3v) is 5.61. The number of anilines is 1. The number of hydrogen-bond donors (Lipinski definition) is 1. The third-order valence-electron chi connectivity index (χ3n) is 4.86. The second kappa shape index (κ2) is 9.91. The summed E-state index contributed by atoms with van der Waals surface area (Å²) in [4.78, 5) is 21.3. The minimum Gasteiger partial charge on any atom is -0.495 e. The summed E-state index contributed by atoms with van der Waals surface area (Å²) < 4.78 is 17.5. The number of benzene rings is 2. The van der Waals surface area contributed by atoms with Crippen molar-refractivity contribution in [1.29, 1.82) is 0 Å². The number of imidazole rings is 1. The highest BCUT2D eigenvalue weighted by Crippen LogP contribution is 2.39. The monoisotopic (exact) mass is 496 g/mol. The quantitative estimate of drug-likeness (QED) is 0.322. The van der Waals surface area contributed by atoms with Crippen molar-refractivity contribution < 1.29 is 19.0 Å². The van der Waals surface area contributed by atoms with Crippen LogP contribution in [-0.4, -0.2) is 34.6 Å². The first-order valence-electron chi connectivity index (χ1n) is 9.90. The van der Waals surface area contributed by atoms with Crippen molar-refractivity contribution in [3.8, 4) is 23.3 Å². The van der Waals surface area contributed by atoms with Crippen molar-refractivity contribution in [1.82, 2.24) is 14.4 Å². The van der Waals surface area contributed by atoms with Gasteiger partial charge in [0.1, 0.15) is 29.3 Å². The van der Waals surface area contributed by atoms with Crippen LogP contribution in [-0.2, 0) is 11.3 Å². The van der Waals surface area contributed by atoms with Gasteiger partial charge in [-0.2, -0.15) is 0 Å². The largest absolute Gasteiger partial charge is 0.495 e. The minimum atomic E-state index is -0.642. The second-order valence-electron chi connectivity index (χ2n) is 6.91. The maximum absolute atomic E-state index is 12.8. The first-order chi connectivity index (χ1) is 16.4. The molecule has 172 valence electrons. The standard InChI is InChI=1S/C24H18Cl2N4O4/c1-32-17-12-18(33-2)20(26)15(19(17)25)8-9-16-21-22(27)28-10-11-30(21)23(29-16)24(31)34-13-14-6-4-3-5-7-14/h3-7,10-12H,13H2,1-2H3,(H2,27,28). The molecule has 0 aliphatic carbocycles. The molecule has 2 N–H and O–H groups in total. The Morgan fingerprint density at radius 1 is 1.09 bits per heavy atom. The fourth-order valence-electron chi connectivity index (χ4n) is 3.20. The van der Waals surface area contributed by atoms with Crippen LogP contribution in [0.15, 0.2) is 48.8 Å². The van der Waals surface area contributed by atoms with Crippen molar-refractivity contribution in [3.05, 3.63) is 81.5 Å². The molecule has 10 heteroatoms. The zero-order valence-electron chi connectivity index (χ0n) is 18.1. The highest BCUT2D eigenvalue weighted by molar-refractivity contribution is 6.38. The Morgan fingerprint density at radius 2 is 1.76 bits per heavy atom. The van der Waals surface area contributed by atoms with E-state index in [-0.39, 0.29) is 39.6 Å². The van der Waals surface area contributed by atoms with Crippen LogP contribution in [0.2, 0.25) is 10.0 Å². The fraction of sp³-hybridized carbons (Fsp3) is 0.125. The zero-order chi connectivity index (χ0) is 24.2. The summed E-state index contributed by atoms with van der Waals surface area (Å²) in [5, 5.41) is 0.413. The maximum Gasteiger partial charge on any atom is 0.375 e. The molecule has 0 unspecified atom stereocenters. The number of fused-ring (bicyclic) bond motifs is 1. The van der Waals surface area contributed by atoms with E-state index in [1.54, 1.807) is 12.3 Å². The average Bonchev–Trinajstić information content (AvgIpc) is 3.23. The predicted molar refractivity (Wildman–Crippen MR) is 129 cm³/mol. The zero-order valence-corrected chi connectivity index (χ0v) is 19.6. The molecule has 0 radical (unpaired) electrons. The van der Waals surface area contributed by atoms with Gasteiger partial charge >= 0.3 is 5.97 Å². The van der Waals surface area contributed by atoms with Crippen LogP contribution in [0.1, 0.15) is 27.4 Å². The number of methoxy groups -OCH3 is 2. The Hall–Kier alpha value is -3.93. The molecule has 0 fully saturated rings. The number of esters is 1. The first kappa shape index (κ1) is 23.2. The number of nitrogens with zero attached hydrogens (tertiary/aromatic N) is 3. The van der Waals surface area contributed by atoms with Gasteiger partial charge in [0.2, 0.25) is 5.82 Å². The summed E-state index contributed by atoms with van der Waals surface area (Å²) in [6.07, 6.45) is 3.01. The average molecular weight is 497 g/mol. The van der Waals surface area contributed by atoms with Crippen molar-refractivity contribution in [2.45, 2.75) is 6.61 Å². The second-order valence-corrected chi connectivity index (χ2v) is 7.67. The lowest BCUT2D eigenvalue weighted by molar-refractivity contribution is 0.0457. The Bertz CT molecular complexity index is 1410. The van der Waals surface area contributed by atoms with Gasteiger partial charge in [-0.25, -0.2) is 14.8 Å². The molecule has 0 atom stereocenters. The molecule has 8 nitrogen and oxygen atoms in total. The molecule has 0 aliphatic heterocycles. The molecule has 0 spiro atoms. The summed E-state index contributed by atoms with van der Waals surface area (Å²) in [5.74, 6) is 5.96. The first-order valence-corrected chi connectivity index (χ1v) is 10.7. The molecule has 2 aromatic heterocycles. The van der Waals surface area contributed by atoms with E-state index in [1.165, 1.54) is 24.8 Å². The molecule has 0 aliphatic rings. The van der Waals surface area contributed by atoms with E-state index >= 15 is 0 Å². The molecular weight excluding hydrogens is 479 g/mol. The predicted octanol–water partition coefficient (Wildman–Crippen LogP) is 4.39. The molecule has 4 rings (SSSR count). The summed E-state index contributed by atoms with van der Waals surface area (Å²) in [6.45, 7) is 0.0883. The van der Waals surface area contributed by atoms with Crippen LogP contribution in [0, 0.1) is 11.8 Å². The van der Waals surface area contributed by atoms with E-state index in [0.717, 1.165) is 5.56 Å². The van der Waals surface area contributed by atoms with Gasteiger partial charge in [0.15, 0.2) is 5.82 Å². The van der Waals surface area contributed by atoms with Gasteiger partial charge in [0, 0.05) is 18.5 Å². The number of nitrogen functional groups attached to an aromatic ring is 1. The summed E-state index contributed by atoms with van der Waals surface area (Å²) in [7, 11) is 2.93. The van der Waals surface area contributed by atoms with Gasteiger partial charge < -0.3 is 19.9 Å². The number of hydrogen-bond acceptors (Lipinski definition) is 7. The van der Waals surface area contributed by atoms with Crippen molar-refractivity contribution >= 4 is 40.5 Å². The van der Waals surface area contributed by atoms with Crippen LogP contribution in [0.5, 0.6) is 11.5 Å². The minimum absolute atomic E-state index is 0.00440. The smallest absolute Gasteiger partial charge is 0.375 e. The molecular formula is C24H18Cl2N4O4. The highest BCUT2D eigenvalue weighted by atomic mass is 35.5. The fourth-order valence-corrected chi connectivity index (χ4v) is 3.80. The van der Waals surface area contributed by atoms with Crippen LogP contribution in [0.4, 0.5) is 5.82 Å². The third kappa shape index (κ3) is 4.44. The van der Waals surface area contributed by atoms with Gasteiger partial charge in [-0.05, 0) is 11.5 Å². The number of carbonyl (C=O) groups is 1. The van der Waals surface area contributed by atoms with E-state index in [4.69, 9.17) is 43.1 Å². The van der Waals surface area contributed by atoms with Crippen LogP contribution in [0.25, 0.3) is 5.52 Å². The van der Waals surface area contributed by atoms with Crippen LogP contribution in [0.3, 0.4) is 0 Å². The SMILES string of the molecule is COc1cc(OC)c(Cl)c(C#Cc2nc(C(=O)OCc3ccccc3)n3ccnc(N)c23)c1Cl. The van der Waals surface area contributed by atoms with E-state index in [1.807, 2.05) is 30.3 Å². The van der Waals surface area contributed by atoms with E-state index in [9.17, 15) is 4.79 Å². The van der Waals surface area contributed by atoms with E-state index in [2.05, 4.69) is 21.8 Å². The number of halogens is 2. The van der Waals surface area contributed by atoms with Crippen molar-refractivity contribution in [2.24, 2.45) is 0 Å². The highest BCUT2D eigenvalue weighted by Gasteiger charge is 2.21. The Labute approximate surface area is 205 Å². The molecule has 34 heavy (non-hydrogen) atoms. The van der Waals surface area contributed by atoms with E-state index in [0.29, 0.717) is 17.0 Å². The molecule has 0 saturated carbocycles. The molecule has 0 bridgehead atoms. The van der Waals surface area contributed by atoms with Crippen molar-refractivity contribution in [2.75, 3.05) is 20.0 Å². The van der Waals surface area contributed by atoms with E-state index < -0.39 is 5.97 Å². The number of carbonyl (C=O) groups excluding carboxylic acids is 1. The molecule has 0 saturated heterocycles. The normalized spacial score (nSPS) is 10.5. The number of ether oxygens (including phenoxy) is 3. The van der Waals surface area contributed by atoms with Gasteiger partial charge in [0.25, 0.3) is 0 Å². The van der Waals surface area contributed by atoms with Crippen LogP contribution >= 0.6 is 23.2 Å². The van der Waals surface area contributed by atoms with Gasteiger partial charge in [-0.1, -0.05) is 59.5 Å². The Kier molecular flexibility index (Phi) is 6.77. The molecule has 0 amide bonds. The van der Waals surface area contributed by atoms with Gasteiger partial charge in [-0.15, -0.1) is 0 Å². The van der Waals surface area contributed by atoms with Gasteiger partial charge in [-0.3, -0.25) is 4.40 Å². The lowest BCUT2D eigenvalue weighted by Gasteiger charge is -2.10. The Morgan fingerprint density at radius 3 is 2.41 bits per heavy atom.